The second-order valence-electron chi connectivity index (χ2n) is 25.4. The van der Waals surface area contributed by atoms with Crippen LogP contribution in [0.2, 0.25) is 0 Å². The lowest BCUT2D eigenvalue weighted by Crippen LogP contribution is -2.61. The average Bonchev–Trinajstić information content (AvgIpc) is 0.840. The van der Waals surface area contributed by atoms with Gasteiger partial charge in [-0.1, -0.05) is 280 Å². The van der Waals surface area contributed by atoms with Crippen molar-refractivity contribution in [2.75, 3.05) is 9.80 Å². The Labute approximate surface area is 500 Å². The molecule has 0 fully saturated rings. The van der Waals surface area contributed by atoms with Crippen LogP contribution >= 0.6 is 0 Å². The van der Waals surface area contributed by atoms with Gasteiger partial charge in [-0.2, -0.15) is 0 Å². The van der Waals surface area contributed by atoms with Gasteiger partial charge in [-0.05, 0) is 150 Å². The summed E-state index contributed by atoms with van der Waals surface area (Å²) in [6.07, 6.45) is 6.99. The Morgan fingerprint density at radius 1 is 0.310 bits per heavy atom. The van der Waals surface area contributed by atoms with Crippen LogP contribution < -0.4 is 26.2 Å². The summed E-state index contributed by atoms with van der Waals surface area (Å²) in [5.41, 5.74) is 29.3. The third kappa shape index (κ3) is 10.3. The molecule has 11 aromatic rings. The van der Waals surface area contributed by atoms with E-state index < -0.39 is 0 Å². The Bertz CT molecular complexity index is 3760. The molecule has 0 unspecified atom stereocenters. The molecule has 0 N–H and O–H groups in total. The standard InChI is InChI=1S/C81H75BN2/c1-8-9-10-11-18-31-56-48-75-77-76(49-56)84(79-69(61-40-27-16-28-41-61)54-66(81(5,6)7)55-70(79)62-42-29-17-30-43-62)74-47-45-64(58-34-21-13-22-35-58)51-72(74)82(77)71-50-63(57-32-19-12-20-33-57)44-46-73(71)83(75)78-67(59-36-23-14-24-37-59)52-65(80(2,3)4)53-68(78)60-38-25-15-26-39-60/h12-17,19-30,32-55H,8-11,18,31H2,1-7H3. The number of hydrogen-bond donors (Lipinski definition) is 0. The van der Waals surface area contributed by atoms with Gasteiger partial charge in [0.25, 0.3) is 6.71 Å². The molecule has 0 saturated heterocycles. The normalized spacial score (nSPS) is 12.7. The number of unbranched alkanes of at least 4 members (excludes halogenated alkanes) is 4. The van der Waals surface area contributed by atoms with Crippen LogP contribution in [0.3, 0.4) is 0 Å². The molecular formula is C81H75BN2. The monoisotopic (exact) mass is 1090 g/mol. The highest BCUT2D eigenvalue weighted by Gasteiger charge is 2.46. The lowest BCUT2D eigenvalue weighted by Gasteiger charge is -2.46. The number of anilines is 6. The van der Waals surface area contributed by atoms with E-state index in [4.69, 9.17) is 0 Å². The van der Waals surface area contributed by atoms with Gasteiger partial charge >= 0.3 is 0 Å². The van der Waals surface area contributed by atoms with E-state index in [1.165, 1.54) is 160 Å². The van der Waals surface area contributed by atoms with Crippen molar-refractivity contribution < 1.29 is 0 Å². The molecule has 11 aromatic carbocycles. The molecule has 0 aliphatic carbocycles. The van der Waals surface area contributed by atoms with Crippen molar-refractivity contribution in [2.24, 2.45) is 0 Å². The van der Waals surface area contributed by atoms with Crippen molar-refractivity contribution in [1.29, 1.82) is 0 Å². The van der Waals surface area contributed by atoms with Gasteiger partial charge in [0, 0.05) is 45.0 Å². The molecular weight excluding hydrogens is 1010 g/mol. The summed E-state index contributed by atoms with van der Waals surface area (Å²) >= 11 is 0. The Balaban J connectivity index is 1.22. The topological polar surface area (TPSA) is 6.48 Å². The average molecular weight is 1090 g/mol. The van der Waals surface area contributed by atoms with Crippen molar-refractivity contribution in [3.63, 3.8) is 0 Å². The van der Waals surface area contributed by atoms with Gasteiger partial charge in [0.15, 0.2) is 0 Å². The van der Waals surface area contributed by atoms with Crippen molar-refractivity contribution in [1.82, 2.24) is 0 Å². The summed E-state index contributed by atoms with van der Waals surface area (Å²) in [5, 5.41) is 0. The highest BCUT2D eigenvalue weighted by molar-refractivity contribution is 7.00. The molecule has 13 rings (SSSR count). The van der Waals surface area contributed by atoms with Gasteiger partial charge in [-0.3, -0.25) is 0 Å². The Morgan fingerprint density at radius 3 is 0.952 bits per heavy atom. The number of nitrogens with zero attached hydrogens (tertiary/aromatic N) is 2. The van der Waals surface area contributed by atoms with Crippen LogP contribution in [0.5, 0.6) is 0 Å². The predicted molar refractivity (Wildman–Crippen MR) is 363 cm³/mol. The summed E-state index contributed by atoms with van der Waals surface area (Å²) in [5.74, 6) is 0. The number of rotatable bonds is 14. The number of aryl methyl sites for hydroxylation is 1. The Morgan fingerprint density at radius 2 is 0.631 bits per heavy atom. The molecule has 0 aromatic heterocycles. The van der Waals surface area contributed by atoms with Gasteiger partial charge in [-0.15, -0.1) is 0 Å². The summed E-state index contributed by atoms with van der Waals surface area (Å²) < 4.78 is 0. The van der Waals surface area contributed by atoms with Crippen LogP contribution in [0.25, 0.3) is 66.8 Å². The molecule has 0 amide bonds. The van der Waals surface area contributed by atoms with Gasteiger partial charge < -0.3 is 9.80 Å². The van der Waals surface area contributed by atoms with Gasteiger partial charge in [0.1, 0.15) is 0 Å². The van der Waals surface area contributed by atoms with E-state index in [1.807, 2.05) is 0 Å². The van der Waals surface area contributed by atoms with E-state index in [9.17, 15) is 0 Å². The zero-order valence-electron chi connectivity index (χ0n) is 50.0. The molecule has 2 heterocycles. The molecule has 2 aliphatic heterocycles. The first-order chi connectivity index (χ1) is 40.9. The number of benzene rings is 11. The van der Waals surface area contributed by atoms with Crippen LogP contribution in [-0.4, -0.2) is 6.71 Å². The molecule has 2 aliphatic rings. The van der Waals surface area contributed by atoms with Crippen LogP contribution in [-0.2, 0) is 17.3 Å². The van der Waals surface area contributed by atoms with Gasteiger partial charge in [0.2, 0.25) is 0 Å². The lowest BCUT2D eigenvalue weighted by atomic mass is 9.33. The maximum Gasteiger partial charge on any atom is 0.252 e. The first-order valence-corrected chi connectivity index (χ1v) is 30.7. The lowest BCUT2D eigenvalue weighted by molar-refractivity contribution is 0.590. The van der Waals surface area contributed by atoms with Crippen molar-refractivity contribution in [3.05, 3.63) is 271 Å². The third-order valence-corrected chi connectivity index (χ3v) is 17.6. The van der Waals surface area contributed by atoms with E-state index in [0.29, 0.717) is 0 Å². The molecule has 2 nitrogen and oxygen atoms in total. The van der Waals surface area contributed by atoms with E-state index in [-0.39, 0.29) is 17.5 Å². The highest BCUT2D eigenvalue weighted by Crippen LogP contribution is 2.54. The van der Waals surface area contributed by atoms with Crippen LogP contribution in [0, 0.1) is 0 Å². The van der Waals surface area contributed by atoms with Crippen LogP contribution in [0.15, 0.2) is 255 Å². The molecule has 0 bridgehead atoms. The third-order valence-electron chi connectivity index (χ3n) is 17.6. The summed E-state index contributed by atoms with van der Waals surface area (Å²) in [6, 6.07) is 96.8. The van der Waals surface area contributed by atoms with Gasteiger partial charge in [-0.25, -0.2) is 0 Å². The van der Waals surface area contributed by atoms with E-state index in [0.717, 1.165) is 12.8 Å². The second kappa shape index (κ2) is 22.7. The zero-order chi connectivity index (χ0) is 57.5. The number of hydrogen-bond acceptors (Lipinski definition) is 2. The van der Waals surface area contributed by atoms with Crippen LogP contribution in [0.4, 0.5) is 34.1 Å². The fraction of sp³-hybridized carbons (Fsp3) is 0.185. The molecule has 0 radical (unpaired) electrons. The van der Waals surface area contributed by atoms with Crippen molar-refractivity contribution in [3.8, 4) is 66.8 Å². The minimum Gasteiger partial charge on any atom is -0.310 e. The number of fused-ring (bicyclic) bond motifs is 4. The van der Waals surface area contributed by atoms with E-state index >= 15 is 0 Å². The summed E-state index contributed by atoms with van der Waals surface area (Å²) in [6.45, 7) is 16.3. The fourth-order valence-corrected chi connectivity index (χ4v) is 13.2. The molecule has 3 heteroatoms. The summed E-state index contributed by atoms with van der Waals surface area (Å²) in [4.78, 5) is 5.44. The van der Waals surface area contributed by atoms with Crippen molar-refractivity contribution >= 4 is 57.2 Å². The molecule has 0 saturated carbocycles. The second-order valence-corrected chi connectivity index (χ2v) is 25.4. The SMILES string of the molecule is CCCCCCCc1cc2c3c(c1)N(c1c(-c4ccccc4)cc(C(C)(C)C)cc1-c1ccccc1)c1ccc(-c4ccccc4)cc1B3c1cc(-c3ccccc3)ccc1N2c1c(-c2ccccc2)cc(C(C)(C)C)cc1-c1ccccc1. The predicted octanol–water partition coefficient (Wildman–Crippen LogP) is 20.9. The largest absolute Gasteiger partial charge is 0.310 e. The minimum atomic E-state index is -0.137. The molecule has 0 spiro atoms. The van der Waals surface area contributed by atoms with Crippen molar-refractivity contribution in [2.45, 2.75) is 97.8 Å². The maximum atomic E-state index is 2.72. The quantitative estimate of drug-likeness (QED) is 0.0791. The molecule has 84 heavy (non-hydrogen) atoms. The van der Waals surface area contributed by atoms with Gasteiger partial charge in [0.05, 0.1) is 11.4 Å². The summed E-state index contributed by atoms with van der Waals surface area (Å²) in [7, 11) is 0. The van der Waals surface area contributed by atoms with Crippen LogP contribution in [0.1, 0.15) is 97.3 Å². The first-order valence-electron chi connectivity index (χ1n) is 30.7. The zero-order valence-corrected chi connectivity index (χ0v) is 50.0. The molecule has 0 atom stereocenters. The minimum absolute atomic E-state index is 0.131. The Kier molecular flexibility index (Phi) is 14.7. The highest BCUT2D eigenvalue weighted by atomic mass is 15.2. The fourth-order valence-electron chi connectivity index (χ4n) is 13.2. The first kappa shape index (κ1) is 54.3. The molecule has 412 valence electrons. The maximum absolute atomic E-state index is 2.72. The Hall–Kier alpha value is -8.92. The smallest absolute Gasteiger partial charge is 0.252 e. The van der Waals surface area contributed by atoms with E-state index in [2.05, 4.69) is 313 Å². The van der Waals surface area contributed by atoms with E-state index in [1.54, 1.807) is 0 Å².